The summed E-state index contributed by atoms with van der Waals surface area (Å²) in [6.45, 7) is 3.73. The molecular formula is C12H10O4. The molecule has 0 aliphatic heterocycles. The molecule has 1 aromatic heterocycles. The van der Waals surface area contributed by atoms with E-state index in [0.29, 0.717) is 11.0 Å². The minimum absolute atomic E-state index is 0.334. The summed E-state index contributed by atoms with van der Waals surface area (Å²) in [7, 11) is 0. The number of carboxylic acid groups (broad SMARTS) is 1. The number of rotatable bonds is 1. The molecule has 82 valence electrons. The zero-order valence-corrected chi connectivity index (χ0v) is 8.90. The van der Waals surface area contributed by atoms with Crippen molar-refractivity contribution in [3.05, 3.63) is 45.3 Å². The minimum atomic E-state index is -1.27. The molecule has 0 bridgehead atoms. The number of fused-ring (bicyclic) bond motifs is 1. The summed E-state index contributed by atoms with van der Waals surface area (Å²) in [5.41, 5.74) is 1.13. The number of aryl methyl sites for hydroxylation is 2. The van der Waals surface area contributed by atoms with Crippen LogP contribution in [-0.4, -0.2) is 11.1 Å². The lowest BCUT2D eigenvalue weighted by Crippen LogP contribution is -2.13. The van der Waals surface area contributed by atoms with Gasteiger partial charge in [0.1, 0.15) is 11.1 Å². The van der Waals surface area contributed by atoms with Gasteiger partial charge in [0.25, 0.3) is 0 Å². The fraction of sp³-hybridized carbons (Fsp3) is 0.167. The third kappa shape index (κ3) is 1.58. The lowest BCUT2D eigenvalue weighted by Gasteiger charge is -2.03. The summed E-state index contributed by atoms with van der Waals surface area (Å²) < 4.78 is 4.98. The maximum absolute atomic E-state index is 11.3. The van der Waals surface area contributed by atoms with Crippen molar-refractivity contribution >= 4 is 16.9 Å². The van der Waals surface area contributed by atoms with Crippen LogP contribution < -0.4 is 5.63 Å². The summed E-state index contributed by atoms with van der Waals surface area (Å²) in [4.78, 5) is 22.1. The molecule has 2 rings (SSSR count). The van der Waals surface area contributed by atoms with Crippen molar-refractivity contribution in [2.45, 2.75) is 13.8 Å². The highest BCUT2D eigenvalue weighted by atomic mass is 16.4. The molecule has 0 atom stereocenters. The first kappa shape index (κ1) is 10.4. The summed E-state index contributed by atoms with van der Waals surface area (Å²) >= 11 is 0. The van der Waals surface area contributed by atoms with Gasteiger partial charge in [0.15, 0.2) is 0 Å². The first-order chi connectivity index (χ1) is 7.49. The second-order valence-electron chi connectivity index (χ2n) is 3.75. The highest BCUT2D eigenvalue weighted by Gasteiger charge is 2.13. The molecule has 0 radical (unpaired) electrons. The van der Waals surface area contributed by atoms with Gasteiger partial charge in [-0.3, -0.25) is 0 Å². The van der Waals surface area contributed by atoms with Gasteiger partial charge in [-0.2, -0.15) is 0 Å². The van der Waals surface area contributed by atoms with E-state index in [1.807, 2.05) is 19.9 Å². The molecule has 1 N–H and O–H groups in total. The Morgan fingerprint density at radius 3 is 2.56 bits per heavy atom. The number of benzene rings is 1. The Hall–Kier alpha value is -2.10. The molecule has 1 aromatic carbocycles. The summed E-state index contributed by atoms with van der Waals surface area (Å²) in [6.07, 6.45) is 0. The lowest BCUT2D eigenvalue weighted by atomic mass is 10.1. The molecule has 0 aliphatic rings. The van der Waals surface area contributed by atoms with Crippen LogP contribution in [0.2, 0.25) is 0 Å². The van der Waals surface area contributed by atoms with Crippen LogP contribution in [0.15, 0.2) is 27.4 Å². The van der Waals surface area contributed by atoms with Crippen LogP contribution in [0.5, 0.6) is 0 Å². The van der Waals surface area contributed by atoms with Crippen LogP contribution in [-0.2, 0) is 0 Å². The number of hydrogen-bond acceptors (Lipinski definition) is 3. The summed E-state index contributed by atoms with van der Waals surface area (Å²) in [5, 5.41) is 9.47. The van der Waals surface area contributed by atoms with Gasteiger partial charge in [0.05, 0.1) is 0 Å². The molecule has 16 heavy (non-hydrogen) atoms. The quantitative estimate of drug-likeness (QED) is 0.744. The first-order valence-electron chi connectivity index (χ1n) is 4.77. The molecule has 0 saturated carbocycles. The van der Waals surface area contributed by atoms with E-state index < -0.39 is 11.6 Å². The average Bonchev–Trinajstić information content (AvgIpc) is 2.15. The largest absolute Gasteiger partial charge is 0.477 e. The second kappa shape index (κ2) is 3.48. The predicted octanol–water partition coefficient (Wildman–Crippen LogP) is 2.11. The maximum Gasteiger partial charge on any atom is 0.351 e. The minimum Gasteiger partial charge on any atom is -0.477 e. The normalized spacial score (nSPS) is 10.6. The van der Waals surface area contributed by atoms with Crippen molar-refractivity contribution in [1.82, 2.24) is 0 Å². The SMILES string of the molecule is Cc1cc(C)c2cc(C(=O)O)c(=O)oc2c1. The van der Waals surface area contributed by atoms with E-state index in [-0.39, 0.29) is 5.56 Å². The molecule has 4 nitrogen and oxygen atoms in total. The van der Waals surface area contributed by atoms with Crippen LogP contribution in [0.1, 0.15) is 21.5 Å². The van der Waals surface area contributed by atoms with Crippen molar-refractivity contribution in [2.75, 3.05) is 0 Å². The van der Waals surface area contributed by atoms with Gasteiger partial charge in [-0.05, 0) is 37.1 Å². The van der Waals surface area contributed by atoms with E-state index in [2.05, 4.69) is 0 Å². The molecule has 0 saturated heterocycles. The highest BCUT2D eigenvalue weighted by molar-refractivity contribution is 5.92. The van der Waals surface area contributed by atoms with E-state index in [1.54, 1.807) is 6.07 Å². The smallest absolute Gasteiger partial charge is 0.351 e. The Morgan fingerprint density at radius 2 is 1.94 bits per heavy atom. The second-order valence-corrected chi connectivity index (χ2v) is 3.75. The zero-order valence-electron chi connectivity index (χ0n) is 8.90. The van der Waals surface area contributed by atoms with Crippen molar-refractivity contribution in [3.63, 3.8) is 0 Å². The number of carbonyl (C=O) groups is 1. The Bertz CT molecular complexity index is 637. The Balaban J connectivity index is 2.90. The van der Waals surface area contributed by atoms with Crippen LogP contribution in [0.3, 0.4) is 0 Å². The molecule has 0 fully saturated rings. The van der Waals surface area contributed by atoms with E-state index in [4.69, 9.17) is 9.52 Å². The lowest BCUT2D eigenvalue weighted by molar-refractivity contribution is 0.0692. The highest BCUT2D eigenvalue weighted by Crippen LogP contribution is 2.19. The molecule has 4 heteroatoms. The predicted molar refractivity (Wildman–Crippen MR) is 58.9 cm³/mol. The van der Waals surface area contributed by atoms with Gasteiger partial charge in [0.2, 0.25) is 0 Å². The van der Waals surface area contributed by atoms with Gasteiger partial charge < -0.3 is 9.52 Å². The van der Waals surface area contributed by atoms with E-state index in [1.165, 1.54) is 6.07 Å². The van der Waals surface area contributed by atoms with Crippen LogP contribution >= 0.6 is 0 Å². The molecule has 0 aliphatic carbocycles. The van der Waals surface area contributed by atoms with E-state index in [9.17, 15) is 9.59 Å². The van der Waals surface area contributed by atoms with Crippen LogP contribution in [0.4, 0.5) is 0 Å². The van der Waals surface area contributed by atoms with E-state index >= 15 is 0 Å². The molecule has 0 unspecified atom stereocenters. The third-order valence-electron chi connectivity index (χ3n) is 2.43. The van der Waals surface area contributed by atoms with Crippen molar-refractivity contribution in [3.8, 4) is 0 Å². The monoisotopic (exact) mass is 218 g/mol. The molecule has 2 aromatic rings. The standard InChI is InChI=1S/C12H10O4/c1-6-3-7(2)8-5-9(11(13)14)12(15)16-10(8)4-6/h3-5H,1-2H3,(H,13,14). The fourth-order valence-corrected chi connectivity index (χ4v) is 1.72. The van der Waals surface area contributed by atoms with Gasteiger partial charge >= 0.3 is 11.6 Å². The van der Waals surface area contributed by atoms with Gasteiger partial charge in [-0.1, -0.05) is 6.07 Å². The molecular weight excluding hydrogens is 208 g/mol. The van der Waals surface area contributed by atoms with Gasteiger partial charge in [-0.25, -0.2) is 9.59 Å². The molecule has 0 amide bonds. The van der Waals surface area contributed by atoms with E-state index in [0.717, 1.165) is 11.1 Å². The average molecular weight is 218 g/mol. The zero-order chi connectivity index (χ0) is 11.9. The first-order valence-corrected chi connectivity index (χ1v) is 4.77. The van der Waals surface area contributed by atoms with Gasteiger partial charge in [-0.15, -0.1) is 0 Å². The van der Waals surface area contributed by atoms with Crippen LogP contribution in [0.25, 0.3) is 11.0 Å². The number of hydrogen-bond donors (Lipinski definition) is 1. The Labute approximate surface area is 91.1 Å². The Morgan fingerprint density at radius 1 is 1.25 bits per heavy atom. The summed E-state index contributed by atoms with van der Waals surface area (Å²) in [5.74, 6) is -1.27. The number of aromatic carboxylic acids is 1. The topological polar surface area (TPSA) is 67.5 Å². The van der Waals surface area contributed by atoms with Gasteiger partial charge in [0, 0.05) is 5.39 Å². The molecule has 0 spiro atoms. The molecule has 1 heterocycles. The number of carboxylic acids is 1. The van der Waals surface area contributed by atoms with Crippen molar-refractivity contribution < 1.29 is 14.3 Å². The van der Waals surface area contributed by atoms with Crippen LogP contribution in [0, 0.1) is 13.8 Å². The maximum atomic E-state index is 11.3. The van der Waals surface area contributed by atoms with Crippen molar-refractivity contribution in [2.24, 2.45) is 0 Å². The summed E-state index contributed by atoms with van der Waals surface area (Å²) in [6, 6.07) is 4.99. The third-order valence-corrected chi connectivity index (χ3v) is 2.43. The van der Waals surface area contributed by atoms with Crippen molar-refractivity contribution in [1.29, 1.82) is 0 Å². The Kier molecular flexibility index (Phi) is 2.27. The fourth-order valence-electron chi connectivity index (χ4n) is 1.72.